The average molecular weight is 417 g/mol. The summed E-state index contributed by atoms with van der Waals surface area (Å²) in [5.74, 6) is -2.77. The Morgan fingerprint density at radius 3 is 1.80 bits per heavy atom. The largest absolute Gasteiger partial charge is 0.425 e. The molecule has 0 aliphatic carbocycles. The Hall–Kier alpha value is -3.69. The molecule has 1 saturated heterocycles. The summed E-state index contributed by atoms with van der Waals surface area (Å²) in [6.45, 7) is -0.991. The first-order valence-corrected chi connectivity index (χ1v) is 8.90. The number of nitrogens with one attached hydrogen (secondary N) is 1. The van der Waals surface area contributed by atoms with Crippen LogP contribution in [-0.4, -0.2) is 52.8 Å². The van der Waals surface area contributed by atoms with Crippen LogP contribution in [0.25, 0.3) is 0 Å². The van der Waals surface area contributed by atoms with Crippen molar-refractivity contribution in [1.82, 2.24) is 15.1 Å². The van der Waals surface area contributed by atoms with Gasteiger partial charge < -0.3 is 5.32 Å². The van der Waals surface area contributed by atoms with Gasteiger partial charge in [-0.1, -0.05) is 42.5 Å². The zero-order valence-electron chi connectivity index (χ0n) is 15.3. The van der Waals surface area contributed by atoms with Gasteiger partial charge in [-0.05, 0) is 17.7 Å². The minimum atomic E-state index is -5.11. The highest BCUT2D eigenvalue weighted by atomic mass is 19.4. The molecular weight excluding hydrogens is 403 g/mol. The van der Waals surface area contributed by atoms with Crippen LogP contribution in [0.15, 0.2) is 54.6 Å². The van der Waals surface area contributed by atoms with Gasteiger partial charge in [0.2, 0.25) is 5.54 Å². The van der Waals surface area contributed by atoms with Crippen molar-refractivity contribution in [3.63, 3.8) is 0 Å². The molecule has 30 heavy (non-hydrogen) atoms. The lowest BCUT2D eigenvalue weighted by molar-refractivity contribution is -0.198. The fraction of sp³-hybridized carbons (Fsp3) is 0.200. The Balaban J connectivity index is 1.60. The summed E-state index contributed by atoms with van der Waals surface area (Å²) in [5.41, 5.74) is -3.34. The maximum Gasteiger partial charge on any atom is 0.425 e. The van der Waals surface area contributed by atoms with Crippen molar-refractivity contribution in [2.24, 2.45) is 0 Å². The molecule has 0 saturated carbocycles. The SMILES string of the molecule is O=C1NC(c2ccccc2)(C(F)(F)F)C(=O)N1CCN1C(=O)c2ccccc2C1=O. The quantitative estimate of drug-likeness (QED) is 0.611. The molecule has 2 aromatic rings. The number of alkyl halides is 3. The fourth-order valence-corrected chi connectivity index (χ4v) is 3.66. The van der Waals surface area contributed by atoms with Crippen LogP contribution >= 0.6 is 0 Å². The number of benzene rings is 2. The molecule has 1 unspecified atom stereocenters. The Morgan fingerprint density at radius 1 is 0.767 bits per heavy atom. The molecule has 4 rings (SSSR count). The van der Waals surface area contributed by atoms with Gasteiger partial charge in [-0.25, -0.2) is 4.79 Å². The maximum absolute atomic E-state index is 14.0. The first-order chi connectivity index (χ1) is 14.2. The molecular formula is C20H14F3N3O4. The van der Waals surface area contributed by atoms with E-state index in [0.717, 1.165) is 17.0 Å². The van der Waals surface area contributed by atoms with Crippen LogP contribution in [0.2, 0.25) is 0 Å². The number of imide groups is 2. The van der Waals surface area contributed by atoms with E-state index in [1.165, 1.54) is 30.3 Å². The van der Waals surface area contributed by atoms with Crippen molar-refractivity contribution < 1.29 is 32.3 Å². The third kappa shape index (κ3) is 2.67. The van der Waals surface area contributed by atoms with Crippen LogP contribution in [0.1, 0.15) is 26.3 Å². The van der Waals surface area contributed by atoms with Gasteiger partial charge in [0, 0.05) is 13.1 Å². The first-order valence-electron chi connectivity index (χ1n) is 8.90. The molecule has 2 aliphatic rings. The van der Waals surface area contributed by atoms with E-state index in [0.29, 0.717) is 4.90 Å². The Kier molecular flexibility index (Phi) is 4.37. The van der Waals surface area contributed by atoms with Crippen molar-refractivity contribution in [2.45, 2.75) is 11.7 Å². The summed E-state index contributed by atoms with van der Waals surface area (Å²) in [5, 5.41) is 1.76. The van der Waals surface area contributed by atoms with Crippen molar-refractivity contribution in [3.05, 3.63) is 71.3 Å². The van der Waals surface area contributed by atoms with Crippen molar-refractivity contribution in [1.29, 1.82) is 0 Å². The first kappa shape index (κ1) is 19.6. The predicted molar refractivity (Wildman–Crippen MR) is 96.2 cm³/mol. The zero-order valence-corrected chi connectivity index (χ0v) is 15.3. The van der Waals surface area contributed by atoms with Crippen molar-refractivity contribution in [3.8, 4) is 0 Å². The smallest absolute Gasteiger partial charge is 0.312 e. The lowest BCUT2D eigenvalue weighted by Gasteiger charge is -2.29. The van der Waals surface area contributed by atoms with E-state index in [1.54, 1.807) is 17.4 Å². The second kappa shape index (κ2) is 6.68. The minimum Gasteiger partial charge on any atom is -0.312 e. The van der Waals surface area contributed by atoms with Crippen LogP contribution in [0.4, 0.5) is 18.0 Å². The molecule has 0 bridgehead atoms. The molecule has 2 aromatic carbocycles. The lowest BCUT2D eigenvalue weighted by Crippen LogP contribution is -2.55. The van der Waals surface area contributed by atoms with E-state index in [9.17, 15) is 32.3 Å². The highest BCUT2D eigenvalue weighted by Gasteiger charge is 2.68. The molecule has 7 nitrogen and oxygen atoms in total. The van der Waals surface area contributed by atoms with Gasteiger partial charge in [-0.3, -0.25) is 24.2 Å². The van der Waals surface area contributed by atoms with Crippen molar-refractivity contribution in [2.75, 3.05) is 13.1 Å². The number of rotatable bonds is 4. The third-order valence-corrected chi connectivity index (χ3v) is 5.16. The van der Waals surface area contributed by atoms with Gasteiger partial charge >= 0.3 is 12.2 Å². The standard InChI is InChI=1S/C20H14F3N3O4/c21-20(22,23)19(12-6-2-1-3-7-12)17(29)26(18(30)24-19)11-10-25-15(27)13-8-4-5-9-14(13)16(25)28/h1-9H,10-11H2,(H,24,30). The van der Waals surface area contributed by atoms with Crippen LogP contribution in [0.3, 0.4) is 0 Å². The number of urea groups is 1. The van der Waals surface area contributed by atoms with Gasteiger partial charge in [0.15, 0.2) is 0 Å². The van der Waals surface area contributed by atoms with E-state index in [1.807, 2.05) is 0 Å². The number of amides is 5. The summed E-state index contributed by atoms with van der Waals surface area (Å²) in [6, 6.07) is 11.1. The number of nitrogens with zero attached hydrogens (tertiary/aromatic N) is 2. The van der Waals surface area contributed by atoms with E-state index in [2.05, 4.69) is 0 Å². The monoisotopic (exact) mass is 417 g/mol. The molecule has 2 aliphatic heterocycles. The molecule has 1 atom stereocenters. The lowest BCUT2D eigenvalue weighted by atomic mass is 9.89. The van der Waals surface area contributed by atoms with Crippen LogP contribution in [-0.2, 0) is 10.3 Å². The maximum atomic E-state index is 14.0. The van der Waals surface area contributed by atoms with E-state index < -0.39 is 54.1 Å². The van der Waals surface area contributed by atoms with Gasteiger partial charge in [-0.15, -0.1) is 0 Å². The number of fused-ring (bicyclic) bond motifs is 1. The molecule has 1 N–H and O–H groups in total. The second-order valence-electron chi connectivity index (χ2n) is 6.81. The number of carbonyl (C=O) groups is 4. The highest BCUT2D eigenvalue weighted by molar-refractivity contribution is 6.21. The number of hydrogen-bond acceptors (Lipinski definition) is 4. The summed E-state index contributed by atoms with van der Waals surface area (Å²) >= 11 is 0. The molecule has 0 spiro atoms. The number of hydrogen-bond donors (Lipinski definition) is 1. The summed E-state index contributed by atoms with van der Waals surface area (Å²) in [7, 11) is 0. The Bertz CT molecular complexity index is 1040. The predicted octanol–water partition coefficient (Wildman–Crippen LogP) is 2.29. The summed E-state index contributed by atoms with van der Waals surface area (Å²) < 4.78 is 41.9. The number of carbonyl (C=O) groups excluding carboxylic acids is 4. The average Bonchev–Trinajstić information content (AvgIpc) is 3.12. The van der Waals surface area contributed by atoms with Gasteiger partial charge in [0.25, 0.3) is 17.7 Å². The van der Waals surface area contributed by atoms with E-state index >= 15 is 0 Å². The van der Waals surface area contributed by atoms with Gasteiger partial charge in [0.05, 0.1) is 11.1 Å². The van der Waals surface area contributed by atoms with Gasteiger partial charge in [-0.2, -0.15) is 13.2 Å². The molecule has 5 amide bonds. The molecule has 10 heteroatoms. The Labute approximate surface area is 168 Å². The zero-order chi connectivity index (χ0) is 21.7. The summed E-state index contributed by atoms with van der Waals surface area (Å²) in [6.07, 6.45) is -5.11. The van der Waals surface area contributed by atoms with Crippen LogP contribution < -0.4 is 5.32 Å². The molecule has 0 aromatic heterocycles. The fourth-order valence-electron chi connectivity index (χ4n) is 3.66. The molecule has 0 radical (unpaired) electrons. The van der Waals surface area contributed by atoms with Crippen LogP contribution in [0.5, 0.6) is 0 Å². The topological polar surface area (TPSA) is 86.8 Å². The van der Waals surface area contributed by atoms with Crippen LogP contribution in [0, 0.1) is 0 Å². The van der Waals surface area contributed by atoms with E-state index in [-0.39, 0.29) is 11.1 Å². The second-order valence-corrected chi connectivity index (χ2v) is 6.81. The minimum absolute atomic E-state index is 0.161. The molecule has 2 heterocycles. The van der Waals surface area contributed by atoms with Gasteiger partial charge in [0.1, 0.15) is 0 Å². The van der Waals surface area contributed by atoms with E-state index in [4.69, 9.17) is 0 Å². The van der Waals surface area contributed by atoms with Crippen molar-refractivity contribution >= 4 is 23.8 Å². The highest BCUT2D eigenvalue weighted by Crippen LogP contribution is 2.43. The summed E-state index contributed by atoms with van der Waals surface area (Å²) in [4.78, 5) is 51.1. The Morgan fingerprint density at radius 2 is 1.27 bits per heavy atom. The third-order valence-electron chi connectivity index (χ3n) is 5.16. The number of halogens is 3. The molecule has 1 fully saturated rings. The molecule has 154 valence electrons. The normalized spacial score (nSPS) is 21.3.